The van der Waals surface area contributed by atoms with Crippen molar-refractivity contribution in [3.8, 4) is 0 Å². The number of allylic oxidation sites excluding steroid dienone is 1. The van der Waals surface area contributed by atoms with Gasteiger partial charge in [0.25, 0.3) is 0 Å². The van der Waals surface area contributed by atoms with Gasteiger partial charge in [-0.3, -0.25) is 9.97 Å². The average molecular weight is 450 g/mol. The first-order chi connectivity index (χ1) is 15.5. The fourth-order valence-corrected chi connectivity index (χ4v) is 3.23. The molecule has 0 atom stereocenters. The van der Waals surface area contributed by atoms with Gasteiger partial charge >= 0.3 is 5.97 Å². The minimum absolute atomic E-state index is 0.165. The summed E-state index contributed by atoms with van der Waals surface area (Å²) < 4.78 is 0. The molecule has 0 aliphatic rings. The van der Waals surface area contributed by atoms with Crippen LogP contribution in [-0.4, -0.2) is 32.5 Å². The average Bonchev–Trinajstić information content (AvgIpc) is 2.84. The second kappa shape index (κ2) is 12.4. The van der Waals surface area contributed by atoms with E-state index in [2.05, 4.69) is 16.5 Å². The number of aromatic nitrogens is 2. The van der Waals surface area contributed by atoms with Gasteiger partial charge in [-0.2, -0.15) is 0 Å². The molecule has 2 heterocycles. The second-order valence-electron chi connectivity index (χ2n) is 6.60. The Morgan fingerprint density at radius 3 is 2.34 bits per heavy atom. The van der Waals surface area contributed by atoms with Crippen molar-refractivity contribution in [3.63, 3.8) is 0 Å². The van der Waals surface area contributed by atoms with E-state index >= 15 is 0 Å². The van der Waals surface area contributed by atoms with E-state index < -0.39 is 5.97 Å². The first-order valence-electron chi connectivity index (χ1n) is 10.5. The second-order valence-corrected chi connectivity index (χ2v) is 7.04. The zero-order chi connectivity index (χ0) is 23.5. The van der Waals surface area contributed by atoms with Gasteiger partial charge in [-0.25, -0.2) is 4.79 Å². The monoisotopic (exact) mass is 449 g/mol. The molecule has 0 bridgehead atoms. The van der Waals surface area contributed by atoms with Gasteiger partial charge in [-0.05, 0) is 55.3 Å². The van der Waals surface area contributed by atoms with Crippen LogP contribution >= 0.6 is 11.6 Å². The molecule has 32 heavy (non-hydrogen) atoms. The molecule has 6 heteroatoms. The van der Waals surface area contributed by atoms with E-state index in [0.29, 0.717) is 23.0 Å². The Morgan fingerprint density at radius 1 is 1.06 bits per heavy atom. The van der Waals surface area contributed by atoms with E-state index in [9.17, 15) is 9.90 Å². The van der Waals surface area contributed by atoms with Crippen molar-refractivity contribution < 1.29 is 9.90 Å². The van der Waals surface area contributed by atoms with Crippen LogP contribution in [0.15, 0.2) is 79.6 Å². The molecule has 3 rings (SSSR count). The van der Waals surface area contributed by atoms with E-state index in [0.717, 1.165) is 23.4 Å². The van der Waals surface area contributed by atoms with E-state index in [-0.39, 0.29) is 5.56 Å². The standard InChI is InChI=1S/C24H22ClN3O2.C2H6/c1-3-23(21-6-4-5-13-26-21)28(15-12-18-7-9-20(25)10-8-18)17(2)22-16-19(24(29)30)11-14-27-22;1-2/h3-11,13-14,16H,2,12,15H2,1H3,(H,29,30);1-2H3/b23-3-;. The normalized spacial score (nSPS) is 10.7. The Kier molecular flexibility index (Phi) is 9.64. The van der Waals surface area contributed by atoms with Crippen LogP contribution < -0.4 is 0 Å². The smallest absolute Gasteiger partial charge is 0.335 e. The van der Waals surface area contributed by atoms with Crippen LogP contribution in [0.2, 0.25) is 5.02 Å². The first kappa shape index (κ1) is 24.8. The minimum atomic E-state index is -1.00. The van der Waals surface area contributed by atoms with Crippen molar-refractivity contribution in [1.82, 2.24) is 14.9 Å². The highest BCUT2D eigenvalue weighted by Gasteiger charge is 2.18. The summed E-state index contributed by atoms with van der Waals surface area (Å²) in [5, 5.41) is 10.0. The zero-order valence-electron chi connectivity index (χ0n) is 18.6. The van der Waals surface area contributed by atoms with Crippen molar-refractivity contribution in [1.29, 1.82) is 0 Å². The van der Waals surface area contributed by atoms with E-state index in [1.165, 1.54) is 18.3 Å². The molecule has 5 nitrogen and oxygen atoms in total. The molecule has 0 radical (unpaired) electrons. The molecule has 3 aromatic rings. The molecule has 0 amide bonds. The lowest BCUT2D eigenvalue weighted by molar-refractivity contribution is 0.0696. The summed E-state index contributed by atoms with van der Waals surface area (Å²) in [6, 6.07) is 16.4. The van der Waals surface area contributed by atoms with Gasteiger partial charge in [0, 0.05) is 24.0 Å². The third kappa shape index (κ3) is 6.53. The maximum atomic E-state index is 11.4. The van der Waals surface area contributed by atoms with Crippen LogP contribution in [0.1, 0.15) is 48.1 Å². The highest BCUT2D eigenvalue weighted by molar-refractivity contribution is 6.30. The number of carboxylic acid groups (broad SMARTS) is 1. The predicted octanol–water partition coefficient (Wildman–Crippen LogP) is 6.43. The largest absolute Gasteiger partial charge is 0.478 e. The lowest BCUT2D eigenvalue weighted by atomic mass is 10.1. The van der Waals surface area contributed by atoms with Crippen LogP contribution in [0.25, 0.3) is 11.4 Å². The van der Waals surface area contributed by atoms with Crippen LogP contribution in [0.3, 0.4) is 0 Å². The topological polar surface area (TPSA) is 66.3 Å². The molecule has 0 fully saturated rings. The minimum Gasteiger partial charge on any atom is -0.478 e. The summed E-state index contributed by atoms with van der Waals surface area (Å²) in [4.78, 5) is 22.2. The van der Waals surface area contributed by atoms with E-state index in [4.69, 9.17) is 11.6 Å². The summed E-state index contributed by atoms with van der Waals surface area (Å²) in [5.74, 6) is -1.00. The highest BCUT2D eigenvalue weighted by Crippen LogP contribution is 2.27. The number of carboxylic acids is 1. The Hall–Kier alpha value is -3.44. The third-order valence-electron chi connectivity index (χ3n) is 4.66. The number of aromatic carboxylic acids is 1. The summed E-state index contributed by atoms with van der Waals surface area (Å²) >= 11 is 6.00. The summed E-state index contributed by atoms with van der Waals surface area (Å²) in [7, 11) is 0. The van der Waals surface area contributed by atoms with Crippen molar-refractivity contribution in [2.75, 3.05) is 6.54 Å². The molecule has 1 aromatic carbocycles. The molecular formula is C26H28ClN3O2. The van der Waals surface area contributed by atoms with E-state index in [1.807, 2.05) is 74.2 Å². The summed E-state index contributed by atoms with van der Waals surface area (Å²) in [6.45, 7) is 10.8. The maximum absolute atomic E-state index is 11.4. The Morgan fingerprint density at radius 2 is 1.75 bits per heavy atom. The van der Waals surface area contributed by atoms with Gasteiger partial charge in [0.1, 0.15) is 0 Å². The number of hydrogen-bond donors (Lipinski definition) is 1. The molecular weight excluding hydrogens is 422 g/mol. The van der Waals surface area contributed by atoms with Crippen molar-refractivity contribution in [2.24, 2.45) is 0 Å². The molecule has 0 unspecified atom stereocenters. The zero-order valence-corrected chi connectivity index (χ0v) is 19.4. The number of rotatable bonds is 8. The molecule has 0 spiro atoms. The van der Waals surface area contributed by atoms with Gasteiger partial charge in [0.2, 0.25) is 0 Å². The number of carbonyl (C=O) groups is 1. The van der Waals surface area contributed by atoms with Crippen LogP contribution in [0.4, 0.5) is 0 Å². The fraction of sp³-hybridized carbons (Fsp3) is 0.192. The van der Waals surface area contributed by atoms with Crippen molar-refractivity contribution in [2.45, 2.75) is 27.2 Å². The summed E-state index contributed by atoms with van der Waals surface area (Å²) in [6.07, 6.45) is 5.93. The molecule has 0 aliphatic carbocycles. The maximum Gasteiger partial charge on any atom is 0.335 e. The molecule has 0 aliphatic heterocycles. The first-order valence-corrected chi connectivity index (χ1v) is 10.9. The van der Waals surface area contributed by atoms with Crippen molar-refractivity contribution >= 4 is 29.0 Å². The number of pyridine rings is 2. The molecule has 0 saturated carbocycles. The molecule has 166 valence electrons. The number of hydrogen-bond acceptors (Lipinski definition) is 4. The predicted molar refractivity (Wildman–Crippen MR) is 131 cm³/mol. The van der Waals surface area contributed by atoms with Crippen LogP contribution in [0, 0.1) is 0 Å². The Labute approximate surface area is 194 Å². The number of halogens is 1. The lowest BCUT2D eigenvalue weighted by Crippen LogP contribution is -2.24. The van der Waals surface area contributed by atoms with E-state index in [1.54, 1.807) is 6.20 Å². The quantitative estimate of drug-likeness (QED) is 0.429. The molecule has 2 aromatic heterocycles. The van der Waals surface area contributed by atoms with Gasteiger partial charge < -0.3 is 10.0 Å². The SMILES string of the molecule is C=C(c1cc(C(=O)O)ccn1)N(CCc1ccc(Cl)cc1)/C(=C\C)c1ccccn1.CC. The highest BCUT2D eigenvalue weighted by atomic mass is 35.5. The number of benzene rings is 1. The summed E-state index contributed by atoms with van der Waals surface area (Å²) in [5.41, 5.74) is 4.07. The lowest BCUT2D eigenvalue weighted by Gasteiger charge is -2.29. The van der Waals surface area contributed by atoms with Gasteiger partial charge in [-0.1, -0.05) is 56.3 Å². The third-order valence-corrected chi connectivity index (χ3v) is 4.91. The van der Waals surface area contributed by atoms with Gasteiger partial charge in [0.15, 0.2) is 0 Å². The fourth-order valence-electron chi connectivity index (χ4n) is 3.11. The van der Waals surface area contributed by atoms with Gasteiger partial charge in [-0.15, -0.1) is 0 Å². The molecule has 0 saturated heterocycles. The van der Waals surface area contributed by atoms with Crippen molar-refractivity contribution in [3.05, 3.63) is 107 Å². The Balaban J connectivity index is 0.00000176. The van der Waals surface area contributed by atoms with Crippen LogP contribution in [0.5, 0.6) is 0 Å². The van der Waals surface area contributed by atoms with Crippen LogP contribution in [-0.2, 0) is 6.42 Å². The van der Waals surface area contributed by atoms with Gasteiger partial charge in [0.05, 0.1) is 28.3 Å². The number of nitrogens with zero attached hydrogens (tertiary/aromatic N) is 3. The Bertz CT molecular complexity index is 1060. The molecule has 1 N–H and O–H groups in total.